The van der Waals surface area contributed by atoms with Crippen molar-refractivity contribution in [3.8, 4) is 0 Å². The first kappa shape index (κ1) is 17.8. The molecule has 0 aliphatic rings. The topological polar surface area (TPSA) is 36.9 Å². The molecule has 0 N–H and O–H groups in total. The smallest absolute Gasteiger partial charge is 0.372 e. The van der Waals surface area contributed by atoms with Crippen LogP contribution in [0.4, 0.5) is 13.2 Å². The maximum Gasteiger partial charge on any atom is 0.531 e. The first-order chi connectivity index (χ1) is 8.35. The second-order valence-electron chi connectivity index (χ2n) is 3.36. The average Bonchev–Trinajstić information content (AvgIpc) is 2.25. The van der Waals surface area contributed by atoms with Gasteiger partial charge in [0, 0.05) is 19.8 Å². The molecule has 0 aliphatic carbocycles. The van der Waals surface area contributed by atoms with Crippen molar-refractivity contribution in [2.75, 3.05) is 19.8 Å². The molecule has 0 aliphatic heterocycles. The van der Waals surface area contributed by atoms with Gasteiger partial charge in [0.15, 0.2) is 0 Å². The first-order valence-electron chi connectivity index (χ1n) is 6.01. The number of ether oxygens (including phenoxy) is 1. The summed E-state index contributed by atoms with van der Waals surface area (Å²) >= 11 is 0. The van der Waals surface area contributed by atoms with Crippen molar-refractivity contribution in [3.05, 3.63) is 0 Å². The fourth-order valence-corrected chi connectivity index (χ4v) is 4.37. The highest BCUT2D eigenvalue weighted by Gasteiger charge is 2.53. The number of halogens is 3. The summed E-state index contributed by atoms with van der Waals surface area (Å²) in [5, 5.41) is 0. The minimum atomic E-state index is -4.73. The standard InChI is InChI=1S/C10H21F3O4Si/c1-5-9(17-10(11,12)13)18(14-6-2,15-7-3)16-8-4/h9H,5-8H2,1-4H3. The molecule has 8 heteroatoms. The van der Waals surface area contributed by atoms with Crippen LogP contribution in [-0.2, 0) is 18.0 Å². The zero-order valence-corrected chi connectivity index (χ0v) is 12.2. The van der Waals surface area contributed by atoms with Gasteiger partial charge in [-0.2, -0.15) is 0 Å². The minimum Gasteiger partial charge on any atom is -0.372 e. The summed E-state index contributed by atoms with van der Waals surface area (Å²) in [6.07, 6.45) is -4.63. The van der Waals surface area contributed by atoms with Crippen LogP contribution in [0.3, 0.4) is 0 Å². The molecule has 4 nitrogen and oxygen atoms in total. The van der Waals surface area contributed by atoms with E-state index in [1.54, 1.807) is 27.7 Å². The molecule has 0 saturated carbocycles. The van der Waals surface area contributed by atoms with Crippen LogP contribution < -0.4 is 0 Å². The molecule has 0 radical (unpaired) electrons. The van der Waals surface area contributed by atoms with Crippen LogP contribution in [0.15, 0.2) is 0 Å². The largest absolute Gasteiger partial charge is 0.531 e. The second kappa shape index (κ2) is 8.11. The lowest BCUT2D eigenvalue weighted by Gasteiger charge is -2.34. The van der Waals surface area contributed by atoms with Crippen molar-refractivity contribution < 1.29 is 31.2 Å². The van der Waals surface area contributed by atoms with E-state index < -0.39 is 20.9 Å². The average molecular weight is 290 g/mol. The molecule has 1 atom stereocenters. The van der Waals surface area contributed by atoms with Gasteiger partial charge >= 0.3 is 15.2 Å². The van der Waals surface area contributed by atoms with E-state index >= 15 is 0 Å². The molecule has 0 heterocycles. The summed E-state index contributed by atoms with van der Waals surface area (Å²) < 4.78 is 57.4. The summed E-state index contributed by atoms with van der Waals surface area (Å²) in [4.78, 5) is 0. The van der Waals surface area contributed by atoms with E-state index in [2.05, 4.69) is 4.74 Å². The quantitative estimate of drug-likeness (QED) is 0.612. The van der Waals surface area contributed by atoms with Crippen molar-refractivity contribution in [2.45, 2.75) is 46.2 Å². The molecule has 0 aromatic rings. The van der Waals surface area contributed by atoms with E-state index in [-0.39, 0.29) is 26.2 Å². The van der Waals surface area contributed by atoms with E-state index in [0.717, 1.165) is 0 Å². The zero-order chi connectivity index (χ0) is 14.2. The van der Waals surface area contributed by atoms with Gasteiger partial charge in [-0.05, 0) is 27.2 Å². The Kier molecular flexibility index (Phi) is 8.04. The Bertz CT molecular complexity index is 209. The van der Waals surface area contributed by atoms with Crippen molar-refractivity contribution in [2.24, 2.45) is 0 Å². The lowest BCUT2D eigenvalue weighted by Crippen LogP contribution is -2.58. The van der Waals surface area contributed by atoms with E-state index in [4.69, 9.17) is 13.3 Å². The lowest BCUT2D eigenvalue weighted by atomic mass is 10.5. The Hall–Kier alpha value is -0.153. The van der Waals surface area contributed by atoms with Gasteiger partial charge in [-0.1, -0.05) is 6.92 Å². The van der Waals surface area contributed by atoms with Crippen LogP contribution in [0, 0.1) is 0 Å². The van der Waals surface area contributed by atoms with Crippen molar-refractivity contribution >= 4 is 8.80 Å². The predicted molar refractivity (Wildman–Crippen MR) is 61.9 cm³/mol. The Balaban J connectivity index is 5.06. The third kappa shape index (κ3) is 5.66. The molecule has 1 unspecified atom stereocenters. The third-order valence-corrected chi connectivity index (χ3v) is 5.47. The molecule has 0 aromatic heterocycles. The first-order valence-corrected chi connectivity index (χ1v) is 7.81. The fraction of sp³-hybridized carbons (Fsp3) is 1.00. The van der Waals surface area contributed by atoms with Gasteiger partial charge in [-0.15, -0.1) is 13.2 Å². The molecule has 0 aromatic carbocycles. The highest BCUT2D eigenvalue weighted by molar-refractivity contribution is 6.62. The van der Waals surface area contributed by atoms with Crippen LogP contribution >= 0.6 is 0 Å². The molecule has 0 saturated heterocycles. The molecule has 0 amide bonds. The Labute approximate surface area is 107 Å². The third-order valence-electron chi connectivity index (χ3n) is 2.08. The van der Waals surface area contributed by atoms with Gasteiger partial charge in [-0.3, -0.25) is 4.74 Å². The molecule has 0 bridgehead atoms. The maximum absolute atomic E-state index is 12.4. The van der Waals surface area contributed by atoms with E-state index in [0.29, 0.717) is 0 Å². The summed E-state index contributed by atoms with van der Waals surface area (Å²) in [6, 6.07) is 0. The maximum atomic E-state index is 12.4. The van der Waals surface area contributed by atoms with Crippen LogP contribution in [0.1, 0.15) is 34.1 Å². The van der Waals surface area contributed by atoms with Crippen molar-refractivity contribution in [3.63, 3.8) is 0 Å². The summed E-state index contributed by atoms with van der Waals surface area (Å²) in [5.41, 5.74) is -1.24. The van der Waals surface area contributed by atoms with Gasteiger partial charge in [0.2, 0.25) is 0 Å². The second-order valence-corrected chi connectivity index (χ2v) is 6.08. The van der Waals surface area contributed by atoms with Gasteiger partial charge in [-0.25, -0.2) is 0 Å². The molecular formula is C10H21F3O4Si. The SMILES string of the molecule is CCO[Si](OCC)(OCC)C(CC)OC(F)(F)F. The number of alkyl halides is 3. The number of hydrogen-bond acceptors (Lipinski definition) is 4. The summed E-state index contributed by atoms with van der Waals surface area (Å²) in [6.45, 7) is 7.26. The van der Waals surface area contributed by atoms with Crippen LogP contribution in [0.25, 0.3) is 0 Å². The highest BCUT2D eigenvalue weighted by atomic mass is 28.4. The van der Waals surface area contributed by atoms with Gasteiger partial charge in [0.1, 0.15) is 5.73 Å². The lowest BCUT2D eigenvalue weighted by molar-refractivity contribution is -0.338. The van der Waals surface area contributed by atoms with E-state index in [1.165, 1.54) is 0 Å². The summed E-state index contributed by atoms with van der Waals surface area (Å²) in [7, 11) is -3.48. The minimum absolute atomic E-state index is 0.103. The molecule has 110 valence electrons. The highest BCUT2D eigenvalue weighted by Crippen LogP contribution is 2.28. The number of rotatable bonds is 9. The van der Waals surface area contributed by atoms with Crippen molar-refractivity contribution in [1.82, 2.24) is 0 Å². The molecule has 0 fully saturated rings. The normalized spacial score (nSPS) is 14.8. The van der Waals surface area contributed by atoms with E-state index in [1.807, 2.05) is 0 Å². The monoisotopic (exact) mass is 290 g/mol. The van der Waals surface area contributed by atoms with Gasteiger partial charge in [0.05, 0.1) is 0 Å². The Morgan fingerprint density at radius 1 is 0.889 bits per heavy atom. The Morgan fingerprint density at radius 3 is 1.50 bits per heavy atom. The molecule has 18 heavy (non-hydrogen) atoms. The predicted octanol–water partition coefficient (Wildman–Crippen LogP) is 2.89. The Morgan fingerprint density at radius 2 is 1.28 bits per heavy atom. The number of hydrogen-bond donors (Lipinski definition) is 0. The molecule has 0 spiro atoms. The van der Waals surface area contributed by atoms with Gasteiger partial charge < -0.3 is 13.3 Å². The van der Waals surface area contributed by atoms with Crippen LogP contribution in [0.2, 0.25) is 0 Å². The van der Waals surface area contributed by atoms with Gasteiger partial charge in [0.25, 0.3) is 0 Å². The summed E-state index contributed by atoms with van der Waals surface area (Å²) in [5.74, 6) is 0. The van der Waals surface area contributed by atoms with E-state index in [9.17, 15) is 13.2 Å². The fourth-order valence-electron chi connectivity index (χ4n) is 1.57. The molecular weight excluding hydrogens is 269 g/mol. The van der Waals surface area contributed by atoms with Crippen LogP contribution in [0.5, 0.6) is 0 Å². The van der Waals surface area contributed by atoms with Crippen LogP contribution in [-0.4, -0.2) is 40.7 Å². The van der Waals surface area contributed by atoms with Crippen molar-refractivity contribution in [1.29, 1.82) is 0 Å². The molecule has 0 rings (SSSR count). The zero-order valence-electron chi connectivity index (χ0n) is 11.2.